The fourth-order valence-electron chi connectivity index (χ4n) is 1.38. The molecule has 4 nitrogen and oxygen atoms in total. The van der Waals surface area contributed by atoms with Gasteiger partial charge in [-0.25, -0.2) is 0 Å². The van der Waals surface area contributed by atoms with Crippen molar-refractivity contribution < 1.29 is 5.11 Å². The van der Waals surface area contributed by atoms with Gasteiger partial charge in [0, 0.05) is 29.7 Å². The van der Waals surface area contributed by atoms with E-state index in [0.29, 0.717) is 0 Å². The fraction of sp³-hybridized carbons (Fsp3) is 0.182. The fourth-order valence-corrected chi connectivity index (χ4v) is 1.38. The first-order valence-electron chi connectivity index (χ1n) is 4.63. The Bertz CT molecular complexity index is 445. The van der Waals surface area contributed by atoms with Crippen molar-refractivity contribution >= 4 is 0 Å². The zero-order chi connectivity index (χ0) is 10.7. The third-order valence-electron chi connectivity index (χ3n) is 2.13. The molecule has 1 unspecified atom stereocenters. The topological polar surface area (TPSA) is 58.9 Å². The number of aliphatic hydroxyl groups excluding tert-OH is 1. The van der Waals surface area contributed by atoms with E-state index >= 15 is 0 Å². The van der Waals surface area contributed by atoms with Gasteiger partial charge in [-0.3, -0.25) is 4.98 Å². The van der Waals surface area contributed by atoms with E-state index < -0.39 is 6.10 Å². The Hall–Kier alpha value is -1.81. The maximum Gasteiger partial charge on any atom is 0.107 e. The van der Waals surface area contributed by atoms with E-state index in [0.717, 1.165) is 16.7 Å². The van der Waals surface area contributed by atoms with Crippen LogP contribution in [0.15, 0.2) is 36.9 Å². The summed E-state index contributed by atoms with van der Waals surface area (Å²) in [7, 11) is 0. The number of rotatable bonds is 2. The summed E-state index contributed by atoms with van der Waals surface area (Å²) < 4.78 is 0. The lowest BCUT2D eigenvalue weighted by molar-refractivity contribution is 0.219. The molecule has 0 spiro atoms. The number of pyridine rings is 1. The maximum absolute atomic E-state index is 10.0. The van der Waals surface area contributed by atoms with Crippen LogP contribution in [-0.4, -0.2) is 20.3 Å². The second kappa shape index (κ2) is 4.14. The molecule has 2 rings (SSSR count). The van der Waals surface area contributed by atoms with Crippen molar-refractivity contribution in [2.24, 2.45) is 0 Å². The van der Waals surface area contributed by atoms with Crippen molar-refractivity contribution in [3.63, 3.8) is 0 Å². The predicted molar refractivity (Wildman–Crippen MR) is 55.1 cm³/mol. The molecule has 0 bridgehead atoms. The lowest BCUT2D eigenvalue weighted by Gasteiger charge is -2.10. The van der Waals surface area contributed by atoms with Crippen LogP contribution in [0, 0.1) is 6.92 Å². The SMILES string of the molecule is Cc1cncc(C(O)c2ccnnc2)c1. The molecule has 0 aliphatic rings. The molecule has 0 amide bonds. The van der Waals surface area contributed by atoms with Gasteiger partial charge in [-0.2, -0.15) is 10.2 Å². The van der Waals surface area contributed by atoms with Gasteiger partial charge >= 0.3 is 0 Å². The van der Waals surface area contributed by atoms with Crippen LogP contribution in [0.4, 0.5) is 0 Å². The number of aliphatic hydroxyl groups is 1. The van der Waals surface area contributed by atoms with Crippen molar-refractivity contribution in [1.29, 1.82) is 0 Å². The Morgan fingerprint density at radius 1 is 1.13 bits per heavy atom. The summed E-state index contributed by atoms with van der Waals surface area (Å²) in [5.41, 5.74) is 2.51. The summed E-state index contributed by atoms with van der Waals surface area (Å²) in [6.45, 7) is 1.94. The highest BCUT2D eigenvalue weighted by molar-refractivity contribution is 5.27. The summed E-state index contributed by atoms with van der Waals surface area (Å²) in [6, 6.07) is 3.64. The number of hydrogen-bond acceptors (Lipinski definition) is 4. The number of aromatic nitrogens is 3. The average Bonchev–Trinajstić information content (AvgIpc) is 2.29. The normalized spacial score (nSPS) is 12.4. The van der Waals surface area contributed by atoms with E-state index in [1.54, 1.807) is 30.9 Å². The summed E-state index contributed by atoms with van der Waals surface area (Å²) in [4.78, 5) is 4.03. The highest BCUT2D eigenvalue weighted by Gasteiger charge is 2.10. The molecule has 0 aromatic carbocycles. The molecular weight excluding hydrogens is 190 g/mol. The quantitative estimate of drug-likeness (QED) is 0.794. The first kappa shape index (κ1) is 9.73. The largest absolute Gasteiger partial charge is 0.384 e. The van der Waals surface area contributed by atoms with Gasteiger partial charge in [-0.05, 0) is 18.6 Å². The highest BCUT2D eigenvalue weighted by Crippen LogP contribution is 2.20. The molecule has 0 fully saturated rings. The molecular formula is C11H11N3O. The Morgan fingerprint density at radius 2 is 2.00 bits per heavy atom. The second-order valence-corrected chi connectivity index (χ2v) is 3.37. The molecule has 0 saturated heterocycles. The van der Waals surface area contributed by atoms with Crippen molar-refractivity contribution in [3.05, 3.63) is 53.6 Å². The number of nitrogens with zero attached hydrogens (tertiary/aromatic N) is 3. The van der Waals surface area contributed by atoms with E-state index in [1.165, 1.54) is 0 Å². The third kappa shape index (κ3) is 2.16. The van der Waals surface area contributed by atoms with Gasteiger partial charge in [0.15, 0.2) is 0 Å². The standard InChI is InChI=1S/C11H11N3O/c1-8-4-10(6-12-5-8)11(15)9-2-3-13-14-7-9/h2-7,11,15H,1H3. The summed E-state index contributed by atoms with van der Waals surface area (Å²) in [5.74, 6) is 0. The van der Waals surface area contributed by atoms with Crippen LogP contribution in [-0.2, 0) is 0 Å². The van der Waals surface area contributed by atoms with Crippen molar-refractivity contribution in [2.75, 3.05) is 0 Å². The van der Waals surface area contributed by atoms with Gasteiger partial charge in [0.1, 0.15) is 6.10 Å². The zero-order valence-electron chi connectivity index (χ0n) is 8.33. The number of hydrogen-bond donors (Lipinski definition) is 1. The van der Waals surface area contributed by atoms with E-state index in [-0.39, 0.29) is 0 Å². The molecule has 2 aromatic rings. The Morgan fingerprint density at radius 3 is 2.67 bits per heavy atom. The van der Waals surface area contributed by atoms with Crippen LogP contribution in [0.3, 0.4) is 0 Å². The Balaban J connectivity index is 2.32. The molecule has 2 aromatic heterocycles. The molecule has 4 heteroatoms. The van der Waals surface area contributed by atoms with Crippen LogP contribution in [0.2, 0.25) is 0 Å². The third-order valence-corrected chi connectivity index (χ3v) is 2.13. The van der Waals surface area contributed by atoms with Gasteiger partial charge < -0.3 is 5.11 Å². The van der Waals surface area contributed by atoms with Crippen LogP contribution >= 0.6 is 0 Å². The molecule has 0 aliphatic heterocycles. The van der Waals surface area contributed by atoms with Gasteiger partial charge in [-0.1, -0.05) is 6.07 Å². The summed E-state index contributed by atoms with van der Waals surface area (Å²) in [6.07, 6.45) is 5.82. The Kier molecular flexibility index (Phi) is 2.69. The molecule has 1 N–H and O–H groups in total. The van der Waals surface area contributed by atoms with Gasteiger partial charge in [0.25, 0.3) is 0 Å². The summed E-state index contributed by atoms with van der Waals surface area (Å²) in [5, 5.41) is 17.4. The van der Waals surface area contributed by atoms with Crippen LogP contribution in [0.25, 0.3) is 0 Å². The zero-order valence-corrected chi connectivity index (χ0v) is 8.33. The summed E-state index contributed by atoms with van der Waals surface area (Å²) >= 11 is 0. The average molecular weight is 201 g/mol. The van der Waals surface area contributed by atoms with Crippen LogP contribution < -0.4 is 0 Å². The van der Waals surface area contributed by atoms with E-state index in [2.05, 4.69) is 15.2 Å². The first-order valence-corrected chi connectivity index (χ1v) is 4.63. The van der Waals surface area contributed by atoms with E-state index in [4.69, 9.17) is 0 Å². The second-order valence-electron chi connectivity index (χ2n) is 3.37. The maximum atomic E-state index is 10.0. The lowest BCUT2D eigenvalue weighted by atomic mass is 10.0. The monoisotopic (exact) mass is 201 g/mol. The molecule has 0 aliphatic carbocycles. The highest BCUT2D eigenvalue weighted by atomic mass is 16.3. The first-order chi connectivity index (χ1) is 7.27. The van der Waals surface area contributed by atoms with E-state index in [1.807, 2.05) is 13.0 Å². The molecule has 2 heterocycles. The minimum absolute atomic E-state index is 0.687. The van der Waals surface area contributed by atoms with Gasteiger partial charge in [0.2, 0.25) is 0 Å². The lowest BCUT2D eigenvalue weighted by Crippen LogP contribution is -2.01. The smallest absolute Gasteiger partial charge is 0.107 e. The van der Waals surface area contributed by atoms with Crippen molar-refractivity contribution in [1.82, 2.24) is 15.2 Å². The van der Waals surface area contributed by atoms with Crippen molar-refractivity contribution in [2.45, 2.75) is 13.0 Å². The number of aryl methyl sites for hydroxylation is 1. The van der Waals surface area contributed by atoms with Gasteiger partial charge in [0.05, 0.1) is 6.20 Å². The molecule has 0 saturated carbocycles. The predicted octanol–water partition coefficient (Wildman–Crippen LogP) is 1.26. The van der Waals surface area contributed by atoms with Crippen LogP contribution in [0.1, 0.15) is 22.8 Å². The molecule has 0 radical (unpaired) electrons. The molecule has 15 heavy (non-hydrogen) atoms. The Labute approximate surface area is 87.6 Å². The molecule has 76 valence electrons. The van der Waals surface area contributed by atoms with E-state index in [9.17, 15) is 5.11 Å². The van der Waals surface area contributed by atoms with Gasteiger partial charge in [-0.15, -0.1) is 0 Å². The van der Waals surface area contributed by atoms with Crippen LogP contribution in [0.5, 0.6) is 0 Å². The minimum atomic E-state index is -0.687. The van der Waals surface area contributed by atoms with Crippen molar-refractivity contribution in [3.8, 4) is 0 Å². The molecule has 1 atom stereocenters. The minimum Gasteiger partial charge on any atom is -0.384 e.